The van der Waals surface area contributed by atoms with E-state index < -0.39 is 17.6 Å². The van der Waals surface area contributed by atoms with Gasteiger partial charge in [-0.3, -0.25) is 14.8 Å². The molecule has 0 atom stereocenters. The van der Waals surface area contributed by atoms with Crippen molar-refractivity contribution in [2.45, 2.75) is 33.4 Å². The Morgan fingerprint density at radius 3 is 2.53 bits per heavy atom. The fraction of sp³-hybridized carbons (Fsp3) is 0.400. The molecule has 0 fully saturated rings. The molecule has 10 heteroatoms. The van der Waals surface area contributed by atoms with Gasteiger partial charge >= 0.3 is 6.18 Å². The highest BCUT2D eigenvalue weighted by atomic mass is 19.4. The number of nitrogens with zero attached hydrogens (tertiary/aromatic N) is 4. The molecule has 0 radical (unpaired) electrons. The van der Waals surface area contributed by atoms with Gasteiger partial charge in [-0.2, -0.15) is 18.3 Å². The standard InChI is InChI=1S/C20H23F3N6O/c1-4-29(5-2)9-6-13-12(3)26-15(17(13)20(21,22)23)10-14-18(27-28-19(14)30)16-11-24-7-8-25-16/h7-8,10-11,26H,4-6,9H2,1-3H3,(H,28,30). The van der Waals surface area contributed by atoms with E-state index >= 15 is 0 Å². The third kappa shape index (κ3) is 4.43. The fourth-order valence-electron chi connectivity index (χ4n) is 3.47. The molecule has 3 rings (SSSR count). The van der Waals surface area contributed by atoms with Crippen LogP contribution in [0.3, 0.4) is 0 Å². The molecule has 1 aliphatic heterocycles. The summed E-state index contributed by atoms with van der Waals surface area (Å²) in [6, 6.07) is 0. The summed E-state index contributed by atoms with van der Waals surface area (Å²) in [5.41, 5.74) is 2.44. The van der Waals surface area contributed by atoms with Gasteiger partial charge in [0.15, 0.2) is 0 Å². The number of H-pyrrole nitrogens is 1. The van der Waals surface area contributed by atoms with Gasteiger partial charge in [-0.05, 0) is 38.1 Å². The van der Waals surface area contributed by atoms with Crippen molar-refractivity contribution < 1.29 is 18.0 Å². The lowest BCUT2D eigenvalue weighted by Gasteiger charge is -2.19. The number of alkyl halides is 3. The number of amides is 1. The van der Waals surface area contributed by atoms with Gasteiger partial charge in [0.1, 0.15) is 11.4 Å². The molecular weight excluding hydrogens is 397 g/mol. The minimum Gasteiger partial charge on any atom is -0.358 e. The fourth-order valence-corrected chi connectivity index (χ4v) is 3.47. The maximum absolute atomic E-state index is 14.0. The molecule has 0 bridgehead atoms. The van der Waals surface area contributed by atoms with Gasteiger partial charge in [-0.25, -0.2) is 5.43 Å². The second-order valence-electron chi connectivity index (χ2n) is 6.84. The van der Waals surface area contributed by atoms with E-state index in [2.05, 4.69) is 30.4 Å². The smallest absolute Gasteiger partial charge is 0.358 e. The lowest BCUT2D eigenvalue weighted by atomic mass is 10.0. The zero-order valence-electron chi connectivity index (χ0n) is 17.0. The molecule has 7 nitrogen and oxygen atoms in total. The molecular formula is C20H23F3N6O. The Labute approximate surface area is 172 Å². The molecule has 1 aliphatic rings. The second kappa shape index (κ2) is 8.78. The summed E-state index contributed by atoms with van der Waals surface area (Å²) in [5, 5.41) is 3.91. The molecule has 0 spiro atoms. The normalized spacial score (nSPS) is 15.8. The van der Waals surface area contributed by atoms with E-state index in [-0.39, 0.29) is 29.0 Å². The number of rotatable bonds is 7. The first-order chi connectivity index (χ1) is 14.3. The number of nitrogens with one attached hydrogen (secondary N) is 2. The van der Waals surface area contributed by atoms with Crippen molar-refractivity contribution >= 4 is 17.7 Å². The van der Waals surface area contributed by atoms with Gasteiger partial charge in [0.05, 0.1) is 23.0 Å². The third-order valence-corrected chi connectivity index (χ3v) is 5.07. The van der Waals surface area contributed by atoms with Crippen molar-refractivity contribution in [1.82, 2.24) is 25.3 Å². The first-order valence-electron chi connectivity index (χ1n) is 9.63. The number of carbonyl (C=O) groups is 1. The lowest BCUT2D eigenvalue weighted by Crippen LogP contribution is -2.26. The highest BCUT2D eigenvalue weighted by Gasteiger charge is 2.38. The van der Waals surface area contributed by atoms with Crippen LogP contribution in [0.4, 0.5) is 13.2 Å². The highest BCUT2D eigenvalue weighted by molar-refractivity contribution is 6.32. The summed E-state index contributed by atoms with van der Waals surface area (Å²) in [7, 11) is 0. The lowest BCUT2D eigenvalue weighted by molar-refractivity contribution is -0.138. The first-order valence-corrected chi connectivity index (χ1v) is 9.63. The van der Waals surface area contributed by atoms with E-state index in [0.29, 0.717) is 17.9 Å². The Balaban J connectivity index is 2.04. The summed E-state index contributed by atoms with van der Waals surface area (Å²) in [6.07, 6.45) is 1.13. The molecule has 1 amide bonds. The van der Waals surface area contributed by atoms with Crippen molar-refractivity contribution in [3.8, 4) is 0 Å². The van der Waals surface area contributed by atoms with E-state index in [0.717, 1.165) is 13.1 Å². The largest absolute Gasteiger partial charge is 0.418 e. The van der Waals surface area contributed by atoms with Crippen LogP contribution in [0.25, 0.3) is 6.08 Å². The van der Waals surface area contributed by atoms with Crippen molar-refractivity contribution in [1.29, 1.82) is 0 Å². The van der Waals surface area contributed by atoms with Gasteiger partial charge < -0.3 is 9.88 Å². The van der Waals surface area contributed by atoms with Crippen LogP contribution in [0.15, 0.2) is 29.3 Å². The van der Waals surface area contributed by atoms with E-state index in [1.165, 1.54) is 24.7 Å². The molecule has 0 saturated carbocycles. The van der Waals surface area contributed by atoms with Crippen LogP contribution in [0.2, 0.25) is 0 Å². The first kappa shape index (κ1) is 21.7. The van der Waals surface area contributed by atoms with Gasteiger partial charge in [0, 0.05) is 24.6 Å². The molecule has 0 aliphatic carbocycles. The number of hydrogen-bond donors (Lipinski definition) is 2. The van der Waals surface area contributed by atoms with Gasteiger partial charge in [0.25, 0.3) is 5.91 Å². The maximum Gasteiger partial charge on any atom is 0.418 e. The number of aryl methyl sites for hydroxylation is 1. The predicted octanol–water partition coefficient (Wildman–Crippen LogP) is 2.93. The molecule has 2 aromatic heterocycles. The van der Waals surface area contributed by atoms with Crippen LogP contribution < -0.4 is 5.43 Å². The van der Waals surface area contributed by atoms with Crippen molar-refractivity contribution in [3.05, 3.63) is 52.4 Å². The molecule has 0 unspecified atom stereocenters. The van der Waals surface area contributed by atoms with Crippen LogP contribution in [0.1, 0.15) is 42.1 Å². The third-order valence-electron chi connectivity index (χ3n) is 5.07. The van der Waals surface area contributed by atoms with Crippen LogP contribution in [-0.2, 0) is 17.4 Å². The number of likely N-dealkylation sites (N-methyl/N-ethyl adjacent to an activating group) is 1. The van der Waals surface area contributed by atoms with Crippen LogP contribution in [-0.4, -0.2) is 51.1 Å². The second-order valence-corrected chi connectivity index (χ2v) is 6.84. The quantitative estimate of drug-likeness (QED) is 0.675. The molecule has 3 heterocycles. The van der Waals surface area contributed by atoms with E-state index in [1.54, 1.807) is 6.92 Å². The number of aromatic nitrogens is 3. The predicted molar refractivity (Wildman–Crippen MR) is 107 cm³/mol. The molecule has 160 valence electrons. The summed E-state index contributed by atoms with van der Waals surface area (Å²) < 4.78 is 42.0. The monoisotopic (exact) mass is 420 g/mol. The van der Waals surface area contributed by atoms with Crippen LogP contribution in [0, 0.1) is 6.92 Å². The Bertz CT molecular complexity index is 974. The molecule has 0 saturated heterocycles. The summed E-state index contributed by atoms with van der Waals surface area (Å²) in [4.78, 5) is 25.2. The van der Waals surface area contributed by atoms with Crippen molar-refractivity contribution in [2.75, 3.05) is 19.6 Å². The average molecular weight is 420 g/mol. The van der Waals surface area contributed by atoms with Gasteiger partial charge in [-0.15, -0.1) is 0 Å². The van der Waals surface area contributed by atoms with E-state index in [4.69, 9.17) is 0 Å². The topological polar surface area (TPSA) is 86.3 Å². The highest BCUT2D eigenvalue weighted by Crippen LogP contribution is 2.38. The zero-order valence-corrected chi connectivity index (χ0v) is 17.0. The number of halogens is 3. The zero-order chi connectivity index (χ0) is 21.9. The van der Waals surface area contributed by atoms with Gasteiger partial charge in [0.2, 0.25) is 0 Å². The Kier molecular flexibility index (Phi) is 6.35. The van der Waals surface area contributed by atoms with Crippen molar-refractivity contribution in [3.63, 3.8) is 0 Å². The SMILES string of the molecule is CCN(CC)CCc1c(C)[nH]c(C=C2C(=O)NN=C2c2cnccn2)c1C(F)(F)F. The average Bonchev–Trinajstić information content (AvgIpc) is 3.23. The summed E-state index contributed by atoms with van der Waals surface area (Å²) in [6.45, 7) is 7.59. The number of carbonyl (C=O) groups excluding carboxylic acids is 1. The maximum atomic E-state index is 14.0. The summed E-state index contributed by atoms with van der Waals surface area (Å²) in [5.74, 6) is -0.597. The Morgan fingerprint density at radius 2 is 1.93 bits per heavy atom. The minimum atomic E-state index is -4.57. The molecule has 2 N–H and O–H groups in total. The molecule has 0 aromatic carbocycles. The van der Waals surface area contributed by atoms with Gasteiger partial charge in [-0.1, -0.05) is 13.8 Å². The molecule has 2 aromatic rings. The minimum absolute atomic E-state index is 0.00228. The van der Waals surface area contributed by atoms with E-state index in [9.17, 15) is 18.0 Å². The number of aromatic amines is 1. The molecule has 30 heavy (non-hydrogen) atoms. The number of hydrogen-bond acceptors (Lipinski definition) is 5. The Hall–Kier alpha value is -3.01. The Morgan fingerprint density at radius 1 is 1.20 bits per heavy atom. The van der Waals surface area contributed by atoms with Crippen molar-refractivity contribution in [2.24, 2.45) is 5.10 Å². The van der Waals surface area contributed by atoms with Crippen LogP contribution >= 0.6 is 0 Å². The summed E-state index contributed by atoms with van der Waals surface area (Å²) >= 11 is 0. The van der Waals surface area contributed by atoms with E-state index in [1.807, 2.05) is 13.8 Å². The number of hydrazone groups is 1. The van der Waals surface area contributed by atoms with Crippen LogP contribution in [0.5, 0.6) is 0 Å².